The predicted octanol–water partition coefficient (Wildman–Crippen LogP) is 4.62. The lowest BCUT2D eigenvalue weighted by Gasteiger charge is -2.30. The molecule has 0 atom stereocenters. The summed E-state index contributed by atoms with van der Waals surface area (Å²) in [6.07, 6.45) is 3.78. The van der Waals surface area contributed by atoms with E-state index in [-0.39, 0.29) is 11.7 Å². The molecule has 1 N–H and O–H groups in total. The SMILES string of the molecule is CC(=O)c1ccc(NC(=O)c2ccnc(N3CCCc4ccccc43)c2)cc1. The van der Waals surface area contributed by atoms with Gasteiger partial charge in [-0.05, 0) is 67.8 Å². The number of carbonyl (C=O) groups excluding carboxylic acids is 2. The zero-order chi connectivity index (χ0) is 19.5. The summed E-state index contributed by atoms with van der Waals surface area (Å²) < 4.78 is 0. The summed E-state index contributed by atoms with van der Waals surface area (Å²) >= 11 is 0. The Morgan fingerprint density at radius 2 is 1.79 bits per heavy atom. The van der Waals surface area contributed by atoms with Crippen LogP contribution in [0.25, 0.3) is 0 Å². The number of para-hydroxylation sites is 1. The maximum absolute atomic E-state index is 12.7. The van der Waals surface area contributed by atoms with Crippen LogP contribution >= 0.6 is 0 Å². The monoisotopic (exact) mass is 371 g/mol. The number of Topliss-reactive ketones (excluding diaryl/α,β-unsaturated/α-hetero) is 1. The van der Waals surface area contributed by atoms with Crippen molar-refractivity contribution in [1.29, 1.82) is 0 Å². The lowest BCUT2D eigenvalue weighted by atomic mass is 10.0. The average Bonchev–Trinajstić information content (AvgIpc) is 2.74. The highest BCUT2D eigenvalue weighted by Crippen LogP contribution is 2.32. The minimum Gasteiger partial charge on any atom is -0.326 e. The molecule has 2 aromatic carbocycles. The molecule has 0 saturated carbocycles. The number of fused-ring (bicyclic) bond motifs is 1. The lowest BCUT2D eigenvalue weighted by molar-refractivity contribution is 0.101. The largest absolute Gasteiger partial charge is 0.326 e. The minimum absolute atomic E-state index is 0.00142. The van der Waals surface area contributed by atoms with E-state index in [9.17, 15) is 9.59 Å². The molecule has 5 nitrogen and oxygen atoms in total. The van der Waals surface area contributed by atoms with E-state index in [2.05, 4.69) is 33.4 Å². The Labute approximate surface area is 164 Å². The van der Waals surface area contributed by atoms with Crippen LogP contribution in [0.15, 0.2) is 66.9 Å². The van der Waals surface area contributed by atoms with Crippen molar-refractivity contribution in [3.8, 4) is 0 Å². The van der Waals surface area contributed by atoms with Crippen LogP contribution in [0.4, 0.5) is 17.2 Å². The van der Waals surface area contributed by atoms with Crippen LogP contribution in [0.3, 0.4) is 0 Å². The zero-order valence-electron chi connectivity index (χ0n) is 15.7. The summed E-state index contributed by atoms with van der Waals surface area (Å²) in [5.41, 5.74) is 4.27. The number of nitrogens with zero attached hydrogens (tertiary/aromatic N) is 2. The van der Waals surface area contributed by atoms with Gasteiger partial charge in [0, 0.05) is 35.2 Å². The summed E-state index contributed by atoms with van der Waals surface area (Å²) in [7, 11) is 0. The minimum atomic E-state index is -0.204. The van der Waals surface area contributed by atoms with Crippen LogP contribution in [-0.2, 0) is 6.42 Å². The number of aromatic nitrogens is 1. The van der Waals surface area contributed by atoms with Crippen LogP contribution in [-0.4, -0.2) is 23.2 Å². The molecular formula is C23H21N3O2. The Kier molecular flexibility index (Phi) is 4.89. The fourth-order valence-corrected chi connectivity index (χ4v) is 3.47. The number of pyridine rings is 1. The molecule has 0 unspecified atom stereocenters. The number of amides is 1. The van der Waals surface area contributed by atoms with Crippen molar-refractivity contribution < 1.29 is 9.59 Å². The third-order valence-corrected chi connectivity index (χ3v) is 4.94. The maximum Gasteiger partial charge on any atom is 0.255 e. The number of rotatable bonds is 4. The van der Waals surface area contributed by atoms with Crippen molar-refractivity contribution in [3.63, 3.8) is 0 Å². The number of nitrogens with one attached hydrogen (secondary N) is 1. The second kappa shape index (κ2) is 7.64. The standard InChI is InChI=1S/C23H21N3O2/c1-16(27)17-8-10-20(11-9-17)25-23(28)19-12-13-24-22(15-19)26-14-4-6-18-5-2-3-7-21(18)26/h2-3,5,7-13,15H,4,6,14H2,1H3,(H,25,28). The van der Waals surface area contributed by atoms with Gasteiger partial charge in [0.2, 0.25) is 0 Å². The molecule has 1 amide bonds. The molecule has 1 aliphatic rings. The fraction of sp³-hybridized carbons (Fsp3) is 0.174. The van der Waals surface area contributed by atoms with Crippen molar-refractivity contribution >= 4 is 28.9 Å². The molecule has 0 bridgehead atoms. The van der Waals surface area contributed by atoms with Crippen LogP contribution < -0.4 is 10.2 Å². The van der Waals surface area contributed by atoms with Crippen molar-refractivity contribution in [3.05, 3.63) is 83.6 Å². The van der Waals surface area contributed by atoms with Crippen molar-refractivity contribution in [1.82, 2.24) is 4.98 Å². The number of aryl methyl sites for hydroxylation is 1. The van der Waals surface area contributed by atoms with Gasteiger partial charge in [0.15, 0.2) is 5.78 Å². The molecule has 0 saturated heterocycles. The van der Waals surface area contributed by atoms with Gasteiger partial charge in [0.05, 0.1) is 0 Å². The molecule has 4 rings (SSSR count). The molecule has 0 radical (unpaired) electrons. The lowest BCUT2D eigenvalue weighted by Crippen LogP contribution is -2.25. The number of anilines is 3. The Hall–Kier alpha value is -3.47. The van der Waals surface area contributed by atoms with E-state index in [0.29, 0.717) is 16.8 Å². The van der Waals surface area contributed by atoms with E-state index in [1.807, 2.05) is 12.1 Å². The van der Waals surface area contributed by atoms with Crippen LogP contribution in [0.5, 0.6) is 0 Å². The zero-order valence-corrected chi connectivity index (χ0v) is 15.7. The summed E-state index contributed by atoms with van der Waals surface area (Å²) in [5.74, 6) is 0.565. The third kappa shape index (κ3) is 3.64. The Morgan fingerprint density at radius 3 is 2.57 bits per heavy atom. The van der Waals surface area contributed by atoms with Crippen molar-refractivity contribution in [2.24, 2.45) is 0 Å². The van der Waals surface area contributed by atoms with E-state index in [1.54, 1.807) is 36.5 Å². The summed E-state index contributed by atoms with van der Waals surface area (Å²) in [4.78, 5) is 30.7. The molecule has 140 valence electrons. The van der Waals surface area contributed by atoms with E-state index in [0.717, 1.165) is 30.9 Å². The highest BCUT2D eigenvalue weighted by Gasteiger charge is 2.19. The molecule has 5 heteroatoms. The van der Waals surface area contributed by atoms with Gasteiger partial charge in [-0.3, -0.25) is 9.59 Å². The molecular weight excluding hydrogens is 350 g/mol. The molecule has 0 spiro atoms. The van der Waals surface area contributed by atoms with Crippen LogP contribution in [0.2, 0.25) is 0 Å². The number of benzene rings is 2. The molecule has 28 heavy (non-hydrogen) atoms. The molecule has 0 fully saturated rings. The van der Waals surface area contributed by atoms with Gasteiger partial charge >= 0.3 is 0 Å². The van der Waals surface area contributed by atoms with Gasteiger partial charge in [0.25, 0.3) is 5.91 Å². The molecule has 0 aliphatic carbocycles. The van der Waals surface area contributed by atoms with E-state index in [4.69, 9.17) is 0 Å². The number of carbonyl (C=O) groups is 2. The first-order valence-corrected chi connectivity index (χ1v) is 9.36. The molecule has 2 heterocycles. The summed E-state index contributed by atoms with van der Waals surface area (Å²) in [5, 5.41) is 2.88. The van der Waals surface area contributed by atoms with Crippen molar-refractivity contribution in [2.45, 2.75) is 19.8 Å². The normalized spacial score (nSPS) is 13.0. The Morgan fingerprint density at radius 1 is 1.00 bits per heavy atom. The third-order valence-electron chi connectivity index (χ3n) is 4.94. The first-order valence-electron chi connectivity index (χ1n) is 9.36. The smallest absolute Gasteiger partial charge is 0.255 e. The van der Waals surface area contributed by atoms with Gasteiger partial charge in [-0.15, -0.1) is 0 Å². The highest BCUT2D eigenvalue weighted by molar-refractivity contribution is 6.05. The second-order valence-electron chi connectivity index (χ2n) is 6.87. The molecule has 1 aliphatic heterocycles. The van der Waals surface area contributed by atoms with Gasteiger partial charge in [-0.1, -0.05) is 18.2 Å². The number of ketones is 1. The van der Waals surface area contributed by atoms with Crippen LogP contribution in [0.1, 0.15) is 39.6 Å². The van der Waals surface area contributed by atoms with Crippen LogP contribution in [0, 0.1) is 0 Å². The van der Waals surface area contributed by atoms with E-state index >= 15 is 0 Å². The first-order chi connectivity index (χ1) is 13.6. The summed E-state index contributed by atoms with van der Waals surface area (Å²) in [6, 6.07) is 18.7. The Bertz CT molecular complexity index is 1030. The quantitative estimate of drug-likeness (QED) is 0.680. The summed E-state index contributed by atoms with van der Waals surface area (Å²) in [6.45, 7) is 2.40. The predicted molar refractivity (Wildman–Crippen MR) is 110 cm³/mol. The van der Waals surface area contributed by atoms with Gasteiger partial charge < -0.3 is 10.2 Å². The number of hydrogen-bond donors (Lipinski definition) is 1. The van der Waals surface area contributed by atoms with Gasteiger partial charge in [-0.25, -0.2) is 4.98 Å². The highest BCUT2D eigenvalue weighted by atomic mass is 16.1. The van der Waals surface area contributed by atoms with Gasteiger partial charge in [-0.2, -0.15) is 0 Å². The van der Waals surface area contributed by atoms with E-state index < -0.39 is 0 Å². The molecule has 3 aromatic rings. The van der Waals surface area contributed by atoms with Crippen molar-refractivity contribution in [2.75, 3.05) is 16.8 Å². The van der Waals surface area contributed by atoms with Gasteiger partial charge in [0.1, 0.15) is 5.82 Å². The number of hydrogen-bond acceptors (Lipinski definition) is 4. The maximum atomic E-state index is 12.7. The first kappa shape index (κ1) is 17.9. The fourth-order valence-electron chi connectivity index (χ4n) is 3.47. The average molecular weight is 371 g/mol. The Balaban J connectivity index is 1.56. The van der Waals surface area contributed by atoms with E-state index in [1.165, 1.54) is 12.5 Å². The topological polar surface area (TPSA) is 62.3 Å². The second-order valence-corrected chi connectivity index (χ2v) is 6.87. The molecule has 1 aromatic heterocycles.